The zero-order valence-corrected chi connectivity index (χ0v) is 15.7. The summed E-state index contributed by atoms with van der Waals surface area (Å²) in [5.41, 5.74) is 0.411. The third-order valence-electron chi connectivity index (χ3n) is 5.39. The Hall–Kier alpha value is -3.54. The Balaban J connectivity index is 1.77. The fourth-order valence-electron chi connectivity index (χ4n) is 3.98. The van der Waals surface area contributed by atoms with E-state index in [9.17, 15) is 22.8 Å². The highest BCUT2D eigenvalue weighted by molar-refractivity contribution is 6.05. The van der Waals surface area contributed by atoms with E-state index in [4.69, 9.17) is 5.26 Å². The molecule has 0 radical (unpaired) electrons. The van der Waals surface area contributed by atoms with Crippen LogP contribution in [0.3, 0.4) is 0 Å². The van der Waals surface area contributed by atoms with Gasteiger partial charge < -0.3 is 10.6 Å². The molecule has 154 valence electrons. The summed E-state index contributed by atoms with van der Waals surface area (Å²) < 4.78 is 39.5. The first kappa shape index (κ1) is 19.8. The van der Waals surface area contributed by atoms with Crippen LogP contribution in [0.25, 0.3) is 0 Å². The SMILES string of the molecule is N#CC1=CCC([C@H]2NC(=O)N(c3cccc(C(F)(F)F)c3)C3=C2C(=O)NCC3)C=C1. The van der Waals surface area contributed by atoms with E-state index in [2.05, 4.69) is 10.6 Å². The van der Waals surface area contributed by atoms with Crippen LogP contribution in [-0.2, 0) is 11.0 Å². The van der Waals surface area contributed by atoms with E-state index in [0.29, 0.717) is 29.7 Å². The van der Waals surface area contributed by atoms with Crippen LogP contribution in [-0.4, -0.2) is 24.5 Å². The minimum atomic E-state index is -4.55. The first-order valence-electron chi connectivity index (χ1n) is 9.37. The highest BCUT2D eigenvalue weighted by Gasteiger charge is 2.42. The van der Waals surface area contributed by atoms with E-state index < -0.39 is 23.8 Å². The van der Waals surface area contributed by atoms with Crippen molar-refractivity contribution in [1.29, 1.82) is 5.26 Å². The predicted molar refractivity (Wildman–Crippen MR) is 102 cm³/mol. The predicted octanol–water partition coefficient (Wildman–Crippen LogP) is 3.40. The molecule has 1 aliphatic carbocycles. The lowest BCUT2D eigenvalue weighted by molar-refractivity contribution is -0.137. The molecule has 1 aromatic carbocycles. The number of alkyl halides is 3. The largest absolute Gasteiger partial charge is 0.416 e. The maximum absolute atomic E-state index is 13.2. The molecule has 2 atom stereocenters. The van der Waals surface area contributed by atoms with Crippen molar-refractivity contribution in [2.24, 2.45) is 5.92 Å². The molecule has 9 heteroatoms. The van der Waals surface area contributed by atoms with Gasteiger partial charge in [0.15, 0.2) is 0 Å². The van der Waals surface area contributed by atoms with Crippen LogP contribution in [0.15, 0.2) is 59.3 Å². The van der Waals surface area contributed by atoms with Gasteiger partial charge in [-0.15, -0.1) is 0 Å². The molecule has 0 aromatic heterocycles. The number of nitrogens with one attached hydrogen (secondary N) is 2. The lowest BCUT2D eigenvalue weighted by atomic mass is 9.82. The smallest absolute Gasteiger partial charge is 0.352 e. The normalized spacial score (nSPS) is 23.9. The van der Waals surface area contributed by atoms with Gasteiger partial charge >= 0.3 is 12.2 Å². The summed E-state index contributed by atoms with van der Waals surface area (Å²) in [6.45, 7) is 0.284. The van der Waals surface area contributed by atoms with Crippen molar-refractivity contribution in [1.82, 2.24) is 10.6 Å². The molecule has 0 bridgehead atoms. The Morgan fingerprint density at radius 2 is 2.03 bits per heavy atom. The average molecular weight is 414 g/mol. The summed E-state index contributed by atoms with van der Waals surface area (Å²) in [5.74, 6) is -0.606. The second kappa shape index (κ2) is 7.37. The Labute approximate surface area is 170 Å². The van der Waals surface area contributed by atoms with Gasteiger partial charge in [0.25, 0.3) is 5.91 Å². The summed E-state index contributed by atoms with van der Waals surface area (Å²) in [7, 11) is 0. The first-order valence-corrected chi connectivity index (χ1v) is 9.37. The zero-order valence-electron chi connectivity index (χ0n) is 15.7. The van der Waals surface area contributed by atoms with Crippen LogP contribution in [0.1, 0.15) is 18.4 Å². The lowest BCUT2D eigenvalue weighted by Crippen LogP contribution is -2.58. The fourth-order valence-corrected chi connectivity index (χ4v) is 3.98. The molecular weight excluding hydrogens is 397 g/mol. The summed E-state index contributed by atoms with van der Waals surface area (Å²) in [6.07, 6.45) is 1.37. The average Bonchev–Trinajstić information content (AvgIpc) is 2.73. The third kappa shape index (κ3) is 3.45. The number of rotatable bonds is 2. The number of carbonyl (C=O) groups is 2. The van der Waals surface area contributed by atoms with Crippen LogP contribution in [0.4, 0.5) is 23.7 Å². The molecular formula is C21H17F3N4O2. The number of amides is 3. The molecule has 1 unspecified atom stereocenters. The first-order chi connectivity index (χ1) is 14.3. The van der Waals surface area contributed by atoms with Gasteiger partial charge in [-0.2, -0.15) is 18.4 Å². The zero-order chi connectivity index (χ0) is 21.5. The molecule has 2 N–H and O–H groups in total. The van der Waals surface area contributed by atoms with Crippen LogP contribution in [0, 0.1) is 17.2 Å². The third-order valence-corrected chi connectivity index (χ3v) is 5.39. The Morgan fingerprint density at radius 3 is 2.70 bits per heavy atom. The van der Waals surface area contributed by atoms with Crippen molar-refractivity contribution in [2.45, 2.75) is 25.1 Å². The molecule has 6 nitrogen and oxygen atoms in total. The van der Waals surface area contributed by atoms with Gasteiger partial charge in [-0.1, -0.05) is 18.2 Å². The molecule has 3 aliphatic rings. The van der Waals surface area contributed by atoms with E-state index in [1.165, 1.54) is 12.1 Å². The molecule has 2 aliphatic heterocycles. The molecule has 0 spiro atoms. The molecule has 1 aromatic rings. The Morgan fingerprint density at radius 1 is 1.23 bits per heavy atom. The van der Waals surface area contributed by atoms with E-state index in [1.54, 1.807) is 18.2 Å². The van der Waals surface area contributed by atoms with Crippen LogP contribution in [0.5, 0.6) is 0 Å². The van der Waals surface area contributed by atoms with Gasteiger partial charge in [-0.05, 0) is 30.7 Å². The number of hydrogen-bond acceptors (Lipinski definition) is 3. The number of carbonyl (C=O) groups excluding carboxylic acids is 2. The van der Waals surface area contributed by atoms with Crippen molar-refractivity contribution in [3.05, 3.63) is 64.9 Å². The van der Waals surface area contributed by atoms with E-state index in [0.717, 1.165) is 17.0 Å². The minimum absolute atomic E-state index is 0.0498. The molecule has 3 amide bonds. The molecule has 0 fully saturated rings. The Bertz CT molecular complexity index is 1050. The molecule has 4 rings (SSSR count). The minimum Gasteiger partial charge on any atom is -0.352 e. The number of nitrogens with zero attached hydrogens (tertiary/aromatic N) is 2. The van der Waals surface area contributed by atoms with Gasteiger partial charge in [0.2, 0.25) is 0 Å². The number of urea groups is 1. The molecule has 0 saturated carbocycles. The number of benzene rings is 1. The maximum Gasteiger partial charge on any atom is 0.416 e. The van der Waals surface area contributed by atoms with Gasteiger partial charge in [0.1, 0.15) is 0 Å². The van der Waals surface area contributed by atoms with Crippen LogP contribution < -0.4 is 15.5 Å². The van der Waals surface area contributed by atoms with E-state index in [1.807, 2.05) is 6.07 Å². The molecule has 0 saturated heterocycles. The van der Waals surface area contributed by atoms with Crippen molar-refractivity contribution in [3.8, 4) is 6.07 Å². The van der Waals surface area contributed by atoms with E-state index >= 15 is 0 Å². The quantitative estimate of drug-likeness (QED) is 0.778. The number of hydrogen-bond donors (Lipinski definition) is 2. The van der Waals surface area contributed by atoms with Gasteiger partial charge in [-0.25, -0.2) is 4.79 Å². The Kier molecular flexibility index (Phi) is 4.86. The van der Waals surface area contributed by atoms with Crippen molar-refractivity contribution in [3.63, 3.8) is 0 Å². The summed E-state index contributed by atoms with van der Waals surface area (Å²) in [4.78, 5) is 26.8. The van der Waals surface area contributed by atoms with Crippen LogP contribution in [0.2, 0.25) is 0 Å². The van der Waals surface area contributed by atoms with Crippen LogP contribution >= 0.6 is 0 Å². The molecule has 2 heterocycles. The van der Waals surface area contributed by atoms with Gasteiger partial charge in [0.05, 0.1) is 28.9 Å². The van der Waals surface area contributed by atoms with Crippen molar-refractivity contribution < 1.29 is 22.8 Å². The maximum atomic E-state index is 13.2. The second-order valence-electron chi connectivity index (χ2n) is 7.21. The lowest BCUT2D eigenvalue weighted by Gasteiger charge is -2.41. The second-order valence-corrected chi connectivity index (χ2v) is 7.21. The number of allylic oxidation sites excluding steroid dienone is 3. The fraction of sp³-hybridized carbons (Fsp3) is 0.286. The topological polar surface area (TPSA) is 85.2 Å². The summed E-state index contributed by atoms with van der Waals surface area (Å²) >= 11 is 0. The number of nitriles is 1. The number of halogens is 3. The van der Waals surface area contributed by atoms with E-state index in [-0.39, 0.29) is 24.1 Å². The standard InChI is InChI=1S/C21H17F3N4O2/c22-21(23,24)14-2-1-3-15(10-14)28-16-8-9-26-19(29)17(16)18(27-20(28)30)13-6-4-12(11-25)5-7-13/h1-6,10,13,18H,7-9H2,(H,26,29)(H,27,30)/t13?,18-/m1/s1. The highest BCUT2D eigenvalue weighted by atomic mass is 19.4. The van der Waals surface area contributed by atoms with Gasteiger partial charge in [-0.3, -0.25) is 9.69 Å². The van der Waals surface area contributed by atoms with Crippen molar-refractivity contribution >= 4 is 17.6 Å². The van der Waals surface area contributed by atoms with Crippen molar-refractivity contribution in [2.75, 3.05) is 11.4 Å². The van der Waals surface area contributed by atoms with Gasteiger partial charge in [0, 0.05) is 30.2 Å². The highest BCUT2D eigenvalue weighted by Crippen LogP contribution is 2.37. The number of anilines is 1. The summed E-state index contributed by atoms with van der Waals surface area (Å²) in [5, 5.41) is 14.5. The summed E-state index contributed by atoms with van der Waals surface area (Å²) in [6, 6.07) is 5.30. The monoisotopic (exact) mass is 414 g/mol. The molecule has 30 heavy (non-hydrogen) atoms.